The number of aliphatic hydroxyl groups is 1. The highest BCUT2D eigenvalue weighted by Crippen LogP contribution is 2.32. The Morgan fingerprint density at radius 2 is 1.86 bits per heavy atom. The van der Waals surface area contributed by atoms with Crippen LogP contribution in [0.5, 0.6) is 0 Å². The second-order valence-corrected chi connectivity index (χ2v) is 6.56. The number of allylic oxidation sites excluding steroid dienone is 1. The molecule has 0 aliphatic rings. The number of benzene rings is 1. The number of rotatable bonds is 3. The first-order chi connectivity index (χ1) is 9.80. The van der Waals surface area contributed by atoms with E-state index in [9.17, 15) is 5.11 Å². The van der Waals surface area contributed by atoms with E-state index in [1.165, 1.54) is 6.33 Å². The summed E-state index contributed by atoms with van der Waals surface area (Å²) in [5.74, 6) is 0. The lowest BCUT2D eigenvalue weighted by Gasteiger charge is -2.29. The molecule has 1 N–H and O–H groups in total. The lowest BCUT2D eigenvalue weighted by Crippen LogP contribution is -2.30. The van der Waals surface area contributed by atoms with Crippen LogP contribution < -0.4 is 0 Å². The highest BCUT2D eigenvalue weighted by Gasteiger charge is 2.29. The fourth-order valence-electron chi connectivity index (χ4n) is 2.09. The van der Waals surface area contributed by atoms with Gasteiger partial charge in [0, 0.05) is 5.02 Å². The third kappa shape index (κ3) is 3.52. The van der Waals surface area contributed by atoms with Crippen LogP contribution >= 0.6 is 11.6 Å². The van der Waals surface area contributed by atoms with Gasteiger partial charge in [0.2, 0.25) is 0 Å². The van der Waals surface area contributed by atoms with Gasteiger partial charge in [-0.1, -0.05) is 44.5 Å². The van der Waals surface area contributed by atoms with E-state index in [1.54, 1.807) is 11.0 Å². The average Bonchev–Trinajstić information content (AvgIpc) is 2.92. The van der Waals surface area contributed by atoms with E-state index in [0.717, 1.165) is 16.8 Å². The molecule has 0 amide bonds. The molecule has 112 valence electrons. The molecule has 0 spiro atoms. The lowest BCUT2D eigenvalue weighted by molar-refractivity contribution is 0.109. The summed E-state index contributed by atoms with van der Waals surface area (Å²) >= 11 is 5.94. The number of nitrogens with zero attached hydrogens (tertiary/aromatic N) is 3. The van der Waals surface area contributed by atoms with Gasteiger partial charge in [0.25, 0.3) is 0 Å². The monoisotopic (exact) mass is 305 g/mol. The van der Waals surface area contributed by atoms with E-state index in [1.807, 2.05) is 52.0 Å². The summed E-state index contributed by atoms with van der Waals surface area (Å²) in [5.41, 5.74) is 2.35. The standard InChI is InChI=1S/C16H20ClN3O/c1-11(12-5-7-13(17)8-6-12)14(15(21)16(2,3)4)20-10-18-9-19-20/h5-10,15,21H,1-4H3/b14-11-. The maximum Gasteiger partial charge on any atom is 0.138 e. The van der Waals surface area contributed by atoms with Crippen LogP contribution in [0.1, 0.15) is 33.3 Å². The SMILES string of the molecule is C/C(=C(\C(O)C(C)(C)C)n1cncn1)c1ccc(Cl)cc1. The molecule has 1 atom stereocenters. The minimum absolute atomic E-state index is 0.311. The Morgan fingerprint density at radius 3 is 2.33 bits per heavy atom. The van der Waals surface area contributed by atoms with Gasteiger partial charge in [-0.15, -0.1) is 0 Å². The number of hydrogen-bond donors (Lipinski definition) is 1. The van der Waals surface area contributed by atoms with Gasteiger partial charge in [-0.3, -0.25) is 0 Å². The highest BCUT2D eigenvalue weighted by molar-refractivity contribution is 6.30. The van der Waals surface area contributed by atoms with Gasteiger partial charge in [-0.2, -0.15) is 5.10 Å². The fourth-order valence-corrected chi connectivity index (χ4v) is 2.22. The number of hydrogen-bond acceptors (Lipinski definition) is 3. The largest absolute Gasteiger partial charge is 0.386 e. The molecule has 1 unspecified atom stereocenters. The van der Waals surface area contributed by atoms with Crippen molar-refractivity contribution < 1.29 is 5.11 Å². The molecule has 4 nitrogen and oxygen atoms in total. The molecule has 2 rings (SSSR count). The van der Waals surface area contributed by atoms with Crippen molar-refractivity contribution in [3.8, 4) is 0 Å². The van der Waals surface area contributed by atoms with Crippen molar-refractivity contribution in [2.45, 2.75) is 33.8 Å². The van der Waals surface area contributed by atoms with Gasteiger partial charge in [0.05, 0.1) is 5.70 Å². The quantitative estimate of drug-likeness (QED) is 0.940. The molecule has 1 aromatic heterocycles. The Morgan fingerprint density at radius 1 is 1.24 bits per heavy atom. The number of aromatic nitrogens is 3. The van der Waals surface area contributed by atoms with Crippen LogP contribution in [-0.2, 0) is 0 Å². The molecule has 1 heterocycles. The predicted octanol–water partition coefficient (Wildman–Crippen LogP) is 3.73. The van der Waals surface area contributed by atoms with Gasteiger partial charge < -0.3 is 5.11 Å². The second-order valence-electron chi connectivity index (χ2n) is 6.13. The highest BCUT2D eigenvalue weighted by atomic mass is 35.5. The van der Waals surface area contributed by atoms with Crippen LogP contribution in [0.15, 0.2) is 36.9 Å². The van der Waals surface area contributed by atoms with Gasteiger partial charge in [-0.25, -0.2) is 9.67 Å². The summed E-state index contributed by atoms with van der Waals surface area (Å²) in [6, 6.07) is 7.54. The Labute approximate surface area is 130 Å². The normalized spacial score (nSPS) is 14.8. The first kappa shape index (κ1) is 15.7. The third-order valence-corrected chi connectivity index (χ3v) is 3.66. The Hall–Kier alpha value is -1.65. The van der Waals surface area contributed by atoms with Crippen molar-refractivity contribution in [3.63, 3.8) is 0 Å². The molecule has 0 aliphatic heterocycles. The zero-order valence-corrected chi connectivity index (χ0v) is 13.5. The third-order valence-electron chi connectivity index (χ3n) is 3.41. The Bertz CT molecular complexity index is 625. The summed E-state index contributed by atoms with van der Waals surface area (Å²) in [5, 5.41) is 15.6. The van der Waals surface area contributed by atoms with E-state index in [4.69, 9.17) is 11.6 Å². The smallest absolute Gasteiger partial charge is 0.138 e. The second kappa shape index (κ2) is 6.00. The van der Waals surface area contributed by atoms with E-state index in [-0.39, 0.29) is 5.41 Å². The van der Waals surface area contributed by atoms with Crippen LogP contribution in [0, 0.1) is 5.41 Å². The first-order valence-electron chi connectivity index (χ1n) is 6.80. The molecule has 21 heavy (non-hydrogen) atoms. The zero-order valence-electron chi connectivity index (χ0n) is 12.7. The van der Waals surface area contributed by atoms with Crippen molar-refractivity contribution in [3.05, 3.63) is 47.5 Å². The van der Waals surface area contributed by atoms with Crippen molar-refractivity contribution in [2.24, 2.45) is 5.41 Å². The molecular formula is C16H20ClN3O. The van der Waals surface area contributed by atoms with Gasteiger partial charge in [0.15, 0.2) is 0 Å². The lowest BCUT2D eigenvalue weighted by atomic mass is 9.85. The van der Waals surface area contributed by atoms with E-state index >= 15 is 0 Å². The van der Waals surface area contributed by atoms with Crippen molar-refractivity contribution in [2.75, 3.05) is 0 Å². The molecular weight excluding hydrogens is 286 g/mol. The first-order valence-corrected chi connectivity index (χ1v) is 7.18. The van der Waals surface area contributed by atoms with Crippen LogP contribution in [0.25, 0.3) is 11.3 Å². The molecule has 1 aromatic carbocycles. The predicted molar refractivity (Wildman–Crippen MR) is 85.7 cm³/mol. The molecule has 0 bridgehead atoms. The van der Waals surface area contributed by atoms with Crippen molar-refractivity contribution >= 4 is 22.9 Å². The number of halogens is 1. The van der Waals surface area contributed by atoms with Crippen molar-refractivity contribution in [1.82, 2.24) is 14.8 Å². The maximum absolute atomic E-state index is 10.7. The van der Waals surface area contributed by atoms with Crippen LogP contribution in [0.2, 0.25) is 5.02 Å². The van der Waals surface area contributed by atoms with Crippen LogP contribution in [0.4, 0.5) is 0 Å². The minimum Gasteiger partial charge on any atom is -0.386 e. The molecule has 0 fully saturated rings. The topological polar surface area (TPSA) is 50.9 Å². The van der Waals surface area contributed by atoms with E-state index < -0.39 is 6.10 Å². The molecule has 5 heteroatoms. The minimum atomic E-state index is -0.671. The molecule has 0 aliphatic carbocycles. The Kier molecular flexibility index (Phi) is 4.49. The van der Waals surface area contributed by atoms with Gasteiger partial charge >= 0.3 is 0 Å². The zero-order chi connectivity index (χ0) is 15.6. The molecule has 0 radical (unpaired) electrons. The fraction of sp³-hybridized carbons (Fsp3) is 0.375. The van der Waals surface area contributed by atoms with Crippen molar-refractivity contribution in [1.29, 1.82) is 0 Å². The molecule has 2 aromatic rings. The summed E-state index contributed by atoms with van der Waals surface area (Å²) in [6.45, 7) is 7.94. The average molecular weight is 306 g/mol. The van der Waals surface area contributed by atoms with Gasteiger partial charge in [-0.05, 0) is 35.6 Å². The van der Waals surface area contributed by atoms with Crippen LogP contribution in [-0.4, -0.2) is 26.0 Å². The Balaban J connectivity index is 2.58. The van der Waals surface area contributed by atoms with E-state index in [2.05, 4.69) is 10.1 Å². The van der Waals surface area contributed by atoms with Crippen LogP contribution in [0.3, 0.4) is 0 Å². The van der Waals surface area contributed by atoms with E-state index in [0.29, 0.717) is 5.02 Å². The number of aliphatic hydroxyl groups excluding tert-OH is 1. The molecule has 0 saturated heterocycles. The van der Waals surface area contributed by atoms with Gasteiger partial charge in [0.1, 0.15) is 18.8 Å². The molecule has 0 saturated carbocycles. The summed E-state index contributed by atoms with van der Waals surface area (Å²) in [7, 11) is 0. The summed E-state index contributed by atoms with van der Waals surface area (Å²) in [4.78, 5) is 3.98. The maximum atomic E-state index is 10.7. The summed E-state index contributed by atoms with van der Waals surface area (Å²) in [6.07, 6.45) is 2.39. The summed E-state index contributed by atoms with van der Waals surface area (Å²) < 4.78 is 1.62.